The van der Waals surface area contributed by atoms with E-state index in [9.17, 15) is 0 Å². The van der Waals surface area contributed by atoms with Crippen molar-refractivity contribution in [2.24, 2.45) is 5.73 Å². The van der Waals surface area contributed by atoms with Crippen LogP contribution in [0.1, 0.15) is 5.69 Å². The molecule has 0 radical (unpaired) electrons. The van der Waals surface area contributed by atoms with Gasteiger partial charge in [-0.3, -0.25) is 0 Å². The van der Waals surface area contributed by atoms with Crippen molar-refractivity contribution >= 4 is 50.4 Å². The molecule has 2 aromatic heterocycles. The van der Waals surface area contributed by atoms with Crippen molar-refractivity contribution in [1.82, 2.24) is 9.38 Å². The molecule has 72 valence electrons. The summed E-state index contributed by atoms with van der Waals surface area (Å²) in [6.45, 7) is 0. The number of nitrogens with two attached hydrogens (primary N) is 1. The van der Waals surface area contributed by atoms with Crippen LogP contribution in [-0.2, 0) is 0 Å². The number of halogens is 2. The summed E-state index contributed by atoms with van der Waals surface area (Å²) in [6, 6.07) is 1.77. The fraction of sp³-hybridized carbons (Fsp3) is 0. The third kappa shape index (κ3) is 1.63. The van der Waals surface area contributed by atoms with Crippen molar-refractivity contribution in [2.75, 3.05) is 0 Å². The van der Waals surface area contributed by atoms with Gasteiger partial charge in [0.2, 0.25) is 0 Å². The van der Waals surface area contributed by atoms with Gasteiger partial charge in [-0.25, -0.2) is 4.98 Å². The van der Waals surface area contributed by atoms with E-state index in [-0.39, 0.29) is 4.99 Å². The van der Waals surface area contributed by atoms with Crippen LogP contribution in [0, 0.1) is 0 Å². The first-order valence-electron chi connectivity index (χ1n) is 3.71. The zero-order valence-electron chi connectivity index (χ0n) is 6.87. The number of fused-ring (bicyclic) bond motifs is 1. The Morgan fingerprint density at radius 1 is 1.57 bits per heavy atom. The van der Waals surface area contributed by atoms with E-state index in [0.717, 1.165) is 10.1 Å². The number of rotatable bonds is 1. The molecule has 0 aliphatic carbocycles. The fourth-order valence-corrected chi connectivity index (χ4v) is 2.13. The normalized spacial score (nSPS) is 10.7. The van der Waals surface area contributed by atoms with Crippen molar-refractivity contribution in [1.29, 1.82) is 0 Å². The van der Waals surface area contributed by atoms with Gasteiger partial charge < -0.3 is 10.1 Å². The minimum absolute atomic E-state index is 0.275. The van der Waals surface area contributed by atoms with Gasteiger partial charge in [0.1, 0.15) is 10.7 Å². The third-order valence-electron chi connectivity index (χ3n) is 1.73. The molecule has 2 rings (SSSR count). The molecule has 0 aliphatic rings. The Morgan fingerprint density at radius 2 is 2.29 bits per heavy atom. The van der Waals surface area contributed by atoms with Gasteiger partial charge in [-0.2, -0.15) is 0 Å². The second-order valence-electron chi connectivity index (χ2n) is 2.73. The van der Waals surface area contributed by atoms with Gasteiger partial charge >= 0.3 is 0 Å². The highest BCUT2D eigenvalue weighted by Gasteiger charge is 2.07. The largest absolute Gasteiger partial charge is 0.388 e. The lowest BCUT2D eigenvalue weighted by Crippen LogP contribution is -2.09. The first-order chi connectivity index (χ1) is 6.58. The molecule has 0 spiro atoms. The molecule has 0 aromatic carbocycles. The maximum Gasteiger partial charge on any atom is 0.152 e. The Bertz CT molecular complexity index is 523. The number of hydrogen-bond donors (Lipinski definition) is 1. The highest BCUT2D eigenvalue weighted by molar-refractivity contribution is 9.10. The number of nitrogens with zero attached hydrogens (tertiary/aromatic N) is 2. The number of imidazole rings is 1. The molecule has 0 saturated carbocycles. The van der Waals surface area contributed by atoms with Crippen LogP contribution in [0.3, 0.4) is 0 Å². The van der Waals surface area contributed by atoms with Crippen LogP contribution in [0.5, 0.6) is 0 Å². The second kappa shape index (κ2) is 3.49. The van der Waals surface area contributed by atoms with Crippen LogP contribution in [0.4, 0.5) is 0 Å². The Morgan fingerprint density at radius 3 is 2.93 bits per heavy atom. The van der Waals surface area contributed by atoms with E-state index in [2.05, 4.69) is 20.9 Å². The van der Waals surface area contributed by atoms with Gasteiger partial charge in [0.15, 0.2) is 5.65 Å². The van der Waals surface area contributed by atoms with E-state index in [1.165, 1.54) is 0 Å². The maximum absolute atomic E-state index is 5.87. The van der Waals surface area contributed by atoms with E-state index in [1.54, 1.807) is 22.9 Å². The highest BCUT2D eigenvalue weighted by Crippen LogP contribution is 2.22. The zero-order chi connectivity index (χ0) is 10.3. The quantitative estimate of drug-likeness (QED) is 0.820. The van der Waals surface area contributed by atoms with E-state index < -0.39 is 0 Å². The summed E-state index contributed by atoms with van der Waals surface area (Å²) >= 11 is 14.1. The van der Waals surface area contributed by atoms with Gasteiger partial charge in [-0.1, -0.05) is 23.8 Å². The lowest BCUT2D eigenvalue weighted by Gasteiger charge is -1.96. The maximum atomic E-state index is 5.87. The summed E-state index contributed by atoms with van der Waals surface area (Å²) < 4.78 is 2.59. The van der Waals surface area contributed by atoms with Crippen molar-refractivity contribution in [3.05, 3.63) is 33.6 Å². The predicted octanol–water partition coefficient (Wildman–Crippen LogP) is 2.38. The number of aromatic nitrogens is 2. The lowest BCUT2D eigenvalue weighted by atomic mass is 10.5. The van der Waals surface area contributed by atoms with E-state index in [1.807, 2.05) is 0 Å². The molecule has 2 aromatic rings. The molecule has 0 atom stereocenters. The summed E-state index contributed by atoms with van der Waals surface area (Å²) in [6.07, 6.45) is 3.49. The molecule has 0 amide bonds. The summed E-state index contributed by atoms with van der Waals surface area (Å²) in [5.41, 5.74) is 6.81. The van der Waals surface area contributed by atoms with E-state index in [4.69, 9.17) is 29.6 Å². The molecule has 2 heterocycles. The van der Waals surface area contributed by atoms with Crippen LogP contribution in [0.2, 0.25) is 5.02 Å². The molecule has 0 fully saturated rings. The van der Waals surface area contributed by atoms with Crippen molar-refractivity contribution in [2.45, 2.75) is 0 Å². The standard InChI is InChI=1S/C8H5BrClN3S/c9-5-1-4(10)2-13-3-6(7(11)14)12-8(5)13/h1-3H,(H2,11,14). The molecule has 0 aliphatic heterocycles. The average Bonchev–Trinajstić information content (AvgIpc) is 2.47. The first-order valence-corrected chi connectivity index (χ1v) is 5.29. The Hall–Kier alpha value is -0.650. The topological polar surface area (TPSA) is 43.3 Å². The van der Waals surface area contributed by atoms with Crippen LogP contribution in [0.15, 0.2) is 22.9 Å². The summed E-state index contributed by atoms with van der Waals surface area (Å²) in [5, 5.41) is 0.622. The van der Waals surface area contributed by atoms with Gasteiger partial charge in [0.25, 0.3) is 0 Å². The van der Waals surface area contributed by atoms with E-state index >= 15 is 0 Å². The molecular weight excluding hydrogens is 286 g/mol. The smallest absolute Gasteiger partial charge is 0.152 e. The van der Waals surface area contributed by atoms with Gasteiger partial charge in [-0.05, 0) is 22.0 Å². The lowest BCUT2D eigenvalue weighted by molar-refractivity contribution is 1.18. The van der Waals surface area contributed by atoms with Crippen molar-refractivity contribution in [3.63, 3.8) is 0 Å². The SMILES string of the molecule is NC(=S)c1cn2cc(Cl)cc(Br)c2n1. The molecule has 3 nitrogen and oxygen atoms in total. The van der Waals surface area contributed by atoms with Gasteiger partial charge in [0.05, 0.1) is 9.50 Å². The van der Waals surface area contributed by atoms with Gasteiger partial charge in [-0.15, -0.1) is 0 Å². The highest BCUT2D eigenvalue weighted by atomic mass is 79.9. The number of hydrogen-bond acceptors (Lipinski definition) is 2. The summed E-state index contributed by atoms with van der Waals surface area (Å²) in [5.74, 6) is 0. The molecular formula is C8H5BrClN3S. The molecule has 14 heavy (non-hydrogen) atoms. The van der Waals surface area contributed by atoms with Crippen LogP contribution in [-0.4, -0.2) is 14.4 Å². The minimum atomic E-state index is 0.275. The van der Waals surface area contributed by atoms with Crippen molar-refractivity contribution in [3.8, 4) is 0 Å². The fourth-order valence-electron chi connectivity index (χ4n) is 1.14. The van der Waals surface area contributed by atoms with Crippen LogP contribution < -0.4 is 5.73 Å². The molecule has 2 N–H and O–H groups in total. The summed E-state index contributed by atoms with van der Waals surface area (Å²) in [4.78, 5) is 4.52. The first kappa shape index (κ1) is 9.89. The number of pyridine rings is 1. The summed E-state index contributed by atoms with van der Waals surface area (Å²) in [7, 11) is 0. The Balaban J connectivity index is 2.76. The molecule has 0 unspecified atom stereocenters. The predicted molar refractivity (Wildman–Crippen MR) is 63.8 cm³/mol. The molecule has 0 saturated heterocycles. The number of thiocarbonyl (C=S) groups is 1. The third-order valence-corrected chi connectivity index (χ3v) is 2.72. The van der Waals surface area contributed by atoms with E-state index in [0.29, 0.717) is 10.7 Å². The Labute approximate surface area is 99.0 Å². The van der Waals surface area contributed by atoms with Crippen molar-refractivity contribution < 1.29 is 0 Å². The van der Waals surface area contributed by atoms with Gasteiger partial charge in [0, 0.05) is 12.4 Å². The minimum Gasteiger partial charge on any atom is -0.388 e. The second-order valence-corrected chi connectivity index (χ2v) is 4.46. The molecule has 0 bridgehead atoms. The monoisotopic (exact) mass is 289 g/mol. The average molecular weight is 291 g/mol. The van der Waals surface area contributed by atoms with Crippen LogP contribution in [0.25, 0.3) is 5.65 Å². The molecule has 6 heteroatoms. The Kier molecular flexibility index (Phi) is 2.47. The zero-order valence-corrected chi connectivity index (χ0v) is 10.0. The van der Waals surface area contributed by atoms with Crippen LogP contribution >= 0.6 is 39.7 Å².